The van der Waals surface area contributed by atoms with E-state index in [0.717, 1.165) is 10.5 Å². The molecule has 2 aromatic carbocycles. The van der Waals surface area contributed by atoms with E-state index in [4.69, 9.17) is 4.18 Å². The number of carbonyl (C=O) groups is 2. The van der Waals surface area contributed by atoms with E-state index < -0.39 is 28.2 Å². The number of amides is 2. The van der Waals surface area contributed by atoms with Gasteiger partial charge >= 0.3 is 10.1 Å². The van der Waals surface area contributed by atoms with Gasteiger partial charge in [-0.2, -0.15) is 8.42 Å². The molecule has 0 fully saturated rings. The minimum Gasteiger partial charge on any atom is -0.299 e. The first-order valence-electron chi connectivity index (χ1n) is 9.92. The SMILES string of the molecule is CC[N+](C)(CC)C(CN1C(=O)c2ccccc2C1=O)OS(=O)(=O)c1ccc(C)cc1. The van der Waals surface area contributed by atoms with Gasteiger partial charge in [0.1, 0.15) is 6.54 Å². The zero-order valence-electron chi connectivity index (χ0n) is 17.7. The second-order valence-electron chi connectivity index (χ2n) is 7.70. The molecule has 0 radical (unpaired) electrons. The fourth-order valence-corrected chi connectivity index (χ4v) is 4.57. The standard InChI is InChI=1S/C22H27N2O5S/c1-5-24(4,6-2)20(29-30(27,28)17-13-11-16(3)12-14-17)15-23-21(25)18-9-7-8-10-19(18)22(23)26/h7-14,20H,5-6,15H2,1-4H3/q+1. The van der Waals surface area contributed by atoms with Crippen LogP contribution in [0.15, 0.2) is 53.4 Å². The van der Waals surface area contributed by atoms with Crippen molar-refractivity contribution in [3.05, 3.63) is 65.2 Å². The summed E-state index contributed by atoms with van der Waals surface area (Å²) in [5.74, 6) is -0.869. The van der Waals surface area contributed by atoms with Crippen molar-refractivity contribution in [1.82, 2.24) is 4.90 Å². The third-order valence-corrected chi connectivity index (χ3v) is 7.23. The normalized spacial score (nSPS) is 15.4. The molecule has 160 valence electrons. The number of carbonyl (C=O) groups excluding carboxylic acids is 2. The first-order chi connectivity index (χ1) is 14.1. The number of hydrogen-bond donors (Lipinski definition) is 0. The molecule has 0 aliphatic carbocycles. The average molecular weight is 432 g/mol. The number of aryl methyl sites for hydroxylation is 1. The molecular formula is C22H27N2O5S+. The molecule has 0 bridgehead atoms. The van der Waals surface area contributed by atoms with Crippen LogP contribution in [0, 0.1) is 6.92 Å². The van der Waals surface area contributed by atoms with Gasteiger partial charge in [-0.3, -0.25) is 19.0 Å². The molecule has 0 saturated carbocycles. The molecule has 30 heavy (non-hydrogen) atoms. The van der Waals surface area contributed by atoms with Crippen LogP contribution in [0.5, 0.6) is 0 Å². The minimum atomic E-state index is -4.09. The van der Waals surface area contributed by atoms with Gasteiger partial charge < -0.3 is 0 Å². The number of hydrogen-bond acceptors (Lipinski definition) is 5. The summed E-state index contributed by atoms with van der Waals surface area (Å²) in [7, 11) is -2.23. The molecule has 0 N–H and O–H groups in total. The van der Waals surface area contributed by atoms with Crippen molar-refractivity contribution in [3.63, 3.8) is 0 Å². The topological polar surface area (TPSA) is 80.8 Å². The summed E-state index contributed by atoms with van der Waals surface area (Å²) in [6, 6.07) is 13.0. The Morgan fingerprint density at radius 3 is 1.90 bits per heavy atom. The monoisotopic (exact) mass is 431 g/mol. The molecule has 1 aliphatic heterocycles. The first-order valence-corrected chi connectivity index (χ1v) is 11.3. The van der Waals surface area contributed by atoms with E-state index in [-0.39, 0.29) is 15.9 Å². The minimum absolute atomic E-state index is 0.0409. The highest BCUT2D eigenvalue weighted by Gasteiger charge is 2.43. The molecule has 1 unspecified atom stereocenters. The van der Waals surface area contributed by atoms with Gasteiger partial charge in [0.2, 0.25) is 6.23 Å². The van der Waals surface area contributed by atoms with E-state index in [1.165, 1.54) is 12.1 Å². The molecule has 7 nitrogen and oxygen atoms in total. The third-order valence-electron chi connectivity index (χ3n) is 5.90. The van der Waals surface area contributed by atoms with Gasteiger partial charge in [-0.05, 0) is 45.0 Å². The largest absolute Gasteiger partial charge is 0.301 e. The Bertz CT molecular complexity index is 1020. The van der Waals surface area contributed by atoms with Gasteiger partial charge in [-0.1, -0.05) is 29.8 Å². The molecule has 2 aromatic rings. The van der Waals surface area contributed by atoms with Crippen molar-refractivity contribution in [1.29, 1.82) is 0 Å². The number of benzene rings is 2. The molecule has 0 saturated heterocycles. The quantitative estimate of drug-likeness (QED) is 0.278. The summed E-state index contributed by atoms with van der Waals surface area (Å²) in [6.45, 7) is 6.67. The van der Waals surface area contributed by atoms with Crippen molar-refractivity contribution in [2.45, 2.75) is 31.9 Å². The molecule has 0 aromatic heterocycles. The lowest BCUT2D eigenvalue weighted by molar-refractivity contribution is -0.947. The Balaban J connectivity index is 1.94. The van der Waals surface area contributed by atoms with Crippen molar-refractivity contribution in [3.8, 4) is 0 Å². The van der Waals surface area contributed by atoms with Crippen LogP contribution in [-0.4, -0.2) is 62.5 Å². The Hall–Kier alpha value is -2.55. The molecule has 1 atom stereocenters. The van der Waals surface area contributed by atoms with E-state index in [0.29, 0.717) is 24.2 Å². The second-order valence-corrected chi connectivity index (χ2v) is 9.27. The predicted octanol–water partition coefficient (Wildman–Crippen LogP) is 2.81. The van der Waals surface area contributed by atoms with Crippen LogP contribution in [0.3, 0.4) is 0 Å². The number of quaternary nitrogens is 1. The number of imide groups is 1. The molecule has 1 heterocycles. The molecular weight excluding hydrogens is 404 g/mol. The van der Waals surface area contributed by atoms with Crippen molar-refractivity contribution < 1.29 is 26.7 Å². The van der Waals surface area contributed by atoms with Crippen LogP contribution in [0.1, 0.15) is 40.1 Å². The smallest absolute Gasteiger partial charge is 0.299 e. The zero-order chi connectivity index (χ0) is 22.1. The number of likely N-dealkylation sites (N-methyl/N-ethyl adjacent to an activating group) is 1. The highest BCUT2D eigenvalue weighted by Crippen LogP contribution is 2.26. The molecule has 8 heteroatoms. The fourth-order valence-electron chi connectivity index (χ4n) is 3.43. The number of fused-ring (bicyclic) bond motifs is 1. The van der Waals surface area contributed by atoms with Crippen LogP contribution >= 0.6 is 0 Å². The summed E-state index contributed by atoms with van der Waals surface area (Å²) in [5.41, 5.74) is 1.58. The van der Waals surface area contributed by atoms with Gasteiger partial charge in [0.05, 0.1) is 36.2 Å². The lowest BCUT2D eigenvalue weighted by atomic mass is 10.1. The summed E-state index contributed by atoms with van der Waals surface area (Å²) >= 11 is 0. The van der Waals surface area contributed by atoms with Crippen LogP contribution in [0.25, 0.3) is 0 Å². The fraction of sp³-hybridized carbons (Fsp3) is 0.364. The summed E-state index contributed by atoms with van der Waals surface area (Å²) < 4.78 is 31.8. The Labute approximate surface area is 177 Å². The van der Waals surface area contributed by atoms with Gasteiger partial charge in [0.15, 0.2) is 0 Å². The molecule has 3 rings (SSSR count). The van der Waals surface area contributed by atoms with Crippen molar-refractivity contribution in [2.75, 3.05) is 26.7 Å². The van der Waals surface area contributed by atoms with Crippen LogP contribution in [0.2, 0.25) is 0 Å². The van der Waals surface area contributed by atoms with E-state index in [1.54, 1.807) is 36.4 Å². The lowest BCUT2D eigenvalue weighted by Crippen LogP contribution is -2.58. The van der Waals surface area contributed by atoms with Crippen molar-refractivity contribution in [2.24, 2.45) is 0 Å². The Kier molecular flexibility index (Phi) is 6.12. The molecule has 1 aliphatic rings. The second kappa shape index (κ2) is 8.29. The molecule has 2 amide bonds. The number of nitrogens with zero attached hydrogens (tertiary/aromatic N) is 2. The van der Waals surface area contributed by atoms with Crippen LogP contribution in [-0.2, 0) is 14.3 Å². The van der Waals surface area contributed by atoms with Gasteiger partial charge in [-0.25, -0.2) is 4.18 Å². The zero-order valence-corrected chi connectivity index (χ0v) is 18.5. The van der Waals surface area contributed by atoms with E-state index in [1.807, 2.05) is 27.8 Å². The van der Waals surface area contributed by atoms with Gasteiger partial charge in [-0.15, -0.1) is 0 Å². The summed E-state index contributed by atoms with van der Waals surface area (Å²) in [4.78, 5) is 26.8. The van der Waals surface area contributed by atoms with E-state index in [9.17, 15) is 18.0 Å². The predicted molar refractivity (Wildman–Crippen MR) is 112 cm³/mol. The maximum Gasteiger partial charge on any atom is 0.301 e. The maximum atomic E-state index is 13.0. The summed E-state index contributed by atoms with van der Waals surface area (Å²) in [5, 5.41) is 0. The highest BCUT2D eigenvalue weighted by molar-refractivity contribution is 7.86. The van der Waals surface area contributed by atoms with Crippen LogP contribution < -0.4 is 0 Å². The number of rotatable bonds is 8. The Morgan fingerprint density at radius 2 is 1.43 bits per heavy atom. The molecule has 0 spiro atoms. The first kappa shape index (κ1) is 22.1. The summed E-state index contributed by atoms with van der Waals surface area (Å²) in [6.07, 6.45) is -0.937. The Morgan fingerprint density at radius 1 is 0.933 bits per heavy atom. The highest BCUT2D eigenvalue weighted by atomic mass is 32.2. The maximum absolute atomic E-state index is 13.0. The van der Waals surface area contributed by atoms with Gasteiger partial charge in [0, 0.05) is 0 Å². The van der Waals surface area contributed by atoms with E-state index >= 15 is 0 Å². The lowest BCUT2D eigenvalue weighted by Gasteiger charge is -2.39. The van der Waals surface area contributed by atoms with Crippen LogP contribution in [0.4, 0.5) is 0 Å². The average Bonchev–Trinajstić information content (AvgIpc) is 2.98. The van der Waals surface area contributed by atoms with Crippen molar-refractivity contribution >= 4 is 21.9 Å². The van der Waals surface area contributed by atoms with E-state index in [2.05, 4.69) is 0 Å². The third kappa shape index (κ3) is 4.03. The van der Waals surface area contributed by atoms with Gasteiger partial charge in [0.25, 0.3) is 11.8 Å².